The van der Waals surface area contributed by atoms with Crippen molar-refractivity contribution in [3.05, 3.63) is 17.0 Å². The molecular formula is C13H20ClN3O. The van der Waals surface area contributed by atoms with E-state index in [-0.39, 0.29) is 0 Å². The SMILES string of the molecule is CCCC1CC1Nc1cc(Cl)nc(COCC)n1. The number of aromatic nitrogens is 2. The molecule has 0 amide bonds. The zero-order valence-electron chi connectivity index (χ0n) is 10.9. The van der Waals surface area contributed by atoms with Crippen LogP contribution < -0.4 is 5.32 Å². The largest absolute Gasteiger partial charge is 0.374 e. The number of anilines is 1. The van der Waals surface area contributed by atoms with Crippen molar-refractivity contribution in [2.45, 2.75) is 45.8 Å². The lowest BCUT2D eigenvalue weighted by atomic mass is 10.2. The maximum atomic E-state index is 5.98. The second-order valence-electron chi connectivity index (χ2n) is 4.66. The Bertz CT molecular complexity index is 400. The highest BCUT2D eigenvalue weighted by molar-refractivity contribution is 6.29. The molecule has 0 aliphatic heterocycles. The first-order valence-corrected chi connectivity index (χ1v) is 6.98. The number of hydrogen-bond acceptors (Lipinski definition) is 4. The van der Waals surface area contributed by atoms with Crippen LogP contribution in [0.15, 0.2) is 6.07 Å². The summed E-state index contributed by atoms with van der Waals surface area (Å²) in [4.78, 5) is 8.56. The van der Waals surface area contributed by atoms with E-state index in [0.29, 0.717) is 30.2 Å². The monoisotopic (exact) mass is 269 g/mol. The van der Waals surface area contributed by atoms with Crippen molar-refractivity contribution in [2.75, 3.05) is 11.9 Å². The molecule has 1 aromatic heterocycles. The molecule has 1 aliphatic carbocycles. The molecule has 0 saturated heterocycles. The van der Waals surface area contributed by atoms with Crippen molar-refractivity contribution < 1.29 is 4.74 Å². The molecule has 1 heterocycles. The first-order chi connectivity index (χ1) is 8.72. The molecular weight excluding hydrogens is 250 g/mol. The maximum absolute atomic E-state index is 5.98. The first-order valence-electron chi connectivity index (χ1n) is 6.60. The minimum Gasteiger partial charge on any atom is -0.374 e. The molecule has 0 spiro atoms. The number of halogens is 1. The molecule has 18 heavy (non-hydrogen) atoms. The summed E-state index contributed by atoms with van der Waals surface area (Å²) < 4.78 is 5.30. The van der Waals surface area contributed by atoms with Gasteiger partial charge in [0.25, 0.3) is 0 Å². The van der Waals surface area contributed by atoms with E-state index in [9.17, 15) is 0 Å². The zero-order valence-corrected chi connectivity index (χ0v) is 11.7. The maximum Gasteiger partial charge on any atom is 0.158 e. The second-order valence-corrected chi connectivity index (χ2v) is 5.05. The van der Waals surface area contributed by atoms with Crippen molar-refractivity contribution in [1.82, 2.24) is 9.97 Å². The number of ether oxygens (including phenoxy) is 1. The standard InChI is InChI=1S/C13H20ClN3O/c1-3-5-9-6-10(9)15-12-7-11(14)16-13(17-12)8-18-4-2/h7,9-10H,3-6,8H2,1-2H3,(H,15,16,17). The summed E-state index contributed by atoms with van der Waals surface area (Å²) in [6.07, 6.45) is 3.75. The Morgan fingerprint density at radius 1 is 1.44 bits per heavy atom. The van der Waals surface area contributed by atoms with Crippen LogP contribution in [0.1, 0.15) is 38.9 Å². The van der Waals surface area contributed by atoms with Gasteiger partial charge in [-0.15, -0.1) is 0 Å². The Balaban J connectivity index is 1.93. The van der Waals surface area contributed by atoms with E-state index in [2.05, 4.69) is 22.2 Å². The van der Waals surface area contributed by atoms with Crippen LogP contribution in [-0.2, 0) is 11.3 Å². The molecule has 1 fully saturated rings. The van der Waals surface area contributed by atoms with Crippen LogP contribution in [0.2, 0.25) is 5.15 Å². The van der Waals surface area contributed by atoms with Gasteiger partial charge in [-0.25, -0.2) is 9.97 Å². The third-order valence-electron chi connectivity index (χ3n) is 3.09. The molecule has 2 atom stereocenters. The lowest BCUT2D eigenvalue weighted by Gasteiger charge is -2.07. The van der Waals surface area contributed by atoms with Gasteiger partial charge < -0.3 is 10.1 Å². The molecule has 4 nitrogen and oxygen atoms in total. The van der Waals surface area contributed by atoms with Crippen molar-refractivity contribution in [2.24, 2.45) is 5.92 Å². The van der Waals surface area contributed by atoms with Gasteiger partial charge in [0.1, 0.15) is 17.6 Å². The third kappa shape index (κ3) is 3.82. The molecule has 1 saturated carbocycles. The molecule has 100 valence electrons. The average Bonchev–Trinajstić information content (AvgIpc) is 3.04. The molecule has 1 N–H and O–H groups in total. The first kappa shape index (κ1) is 13.6. The smallest absolute Gasteiger partial charge is 0.158 e. The highest BCUT2D eigenvalue weighted by Gasteiger charge is 2.36. The van der Waals surface area contributed by atoms with Gasteiger partial charge in [0, 0.05) is 18.7 Å². The topological polar surface area (TPSA) is 47.0 Å². The van der Waals surface area contributed by atoms with E-state index in [4.69, 9.17) is 16.3 Å². The summed E-state index contributed by atoms with van der Waals surface area (Å²) in [7, 11) is 0. The lowest BCUT2D eigenvalue weighted by molar-refractivity contribution is 0.128. The molecule has 0 aromatic carbocycles. The van der Waals surface area contributed by atoms with Crippen molar-refractivity contribution in [1.29, 1.82) is 0 Å². The van der Waals surface area contributed by atoms with Crippen molar-refractivity contribution in [3.63, 3.8) is 0 Å². The fraction of sp³-hybridized carbons (Fsp3) is 0.692. The molecule has 2 unspecified atom stereocenters. The predicted octanol–water partition coefficient (Wildman–Crippen LogP) is 3.27. The summed E-state index contributed by atoms with van der Waals surface area (Å²) in [5.74, 6) is 2.24. The van der Waals surface area contributed by atoms with E-state index in [1.54, 1.807) is 6.07 Å². The summed E-state index contributed by atoms with van der Waals surface area (Å²) in [5.41, 5.74) is 0. The molecule has 0 bridgehead atoms. The van der Waals surface area contributed by atoms with Crippen LogP contribution >= 0.6 is 11.6 Å². The Labute approximate surface area is 113 Å². The second kappa shape index (κ2) is 6.34. The fourth-order valence-corrected chi connectivity index (χ4v) is 2.30. The highest BCUT2D eigenvalue weighted by Crippen LogP contribution is 2.37. The van der Waals surface area contributed by atoms with E-state index >= 15 is 0 Å². The molecule has 0 radical (unpaired) electrons. The van der Waals surface area contributed by atoms with Crippen LogP contribution in [0.5, 0.6) is 0 Å². The van der Waals surface area contributed by atoms with Gasteiger partial charge in [0.2, 0.25) is 0 Å². The zero-order chi connectivity index (χ0) is 13.0. The minimum atomic E-state index is 0.412. The van der Waals surface area contributed by atoms with Crippen LogP contribution in [-0.4, -0.2) is 22.6 Å². The summed E-state index contributed by atoms with van der Waals surface area (Å²) in [6.45, 7) is 5.23. The van der Waals surface area contributed by atoms with Gasteiger partial charge in [-0.2, -0.15) is 0 Å². The van der Waals surface area contributed by atoms with E-state index < -0.39 is 0 Å². The summed E-state index contributed by atoms with van der Waals surface area (Å²) in [5, 5.41) is 3.88. The van der Waals surface area contributed by atoms with Gasteiger partial charge in [-0.1, -0.05) is 24.9 Å². The summed E-state index contributed by atoms with van der Waals surface area (Å²) >= 11 is 5.98. The van der Waals surface area contributed by atoms with Gasteiger partial charge in [0.15, 0.2) is 5.82 Å². The Morgan fingerprint density at radius 2 is 2.28 bits per heavy atom. The number of nitrogens with one attached hydrogen (secondary N) is 1. The van der Waals surface area contributed by atoms with Crippen molar-refractivity contribution >= 4 is 17.4 Å². The van der Waals surface area contributed by atoms with Crippen LogP contribution in [0.3, 0.4) is 0 Å². The van der Waals surface area contributed by atoms with E-state index in [1.165, 1.54) is 19.3 Å². The number of hydrogen-bond donors (Lipinski definition) is 1. The Hall–Kier alpha value is -0.870. The normalized spacial score (nSPS) is 21.9. The van der Waals surface area contributed by atoms with Crippen molar-refractivity contribution in [3.8, 4) is 0 Å². The third-order valence-corrected chi connectivity index (χ3v) is 3.29. The predicted molar refractivity (Wildman–Crippen MR) is 72.8 cm³/mol. The van der Waals surface area contributed by atoms with Gasteiger partial charge in [0.05, 0.1) is 0 Å². The Morgan fingerprint density at radius 3 is 3.00 bits per heavy atom. The van der Waals surface area contributed by atoms with Gasteiger partial charge in [-0.3, -0.25) is 0 Å². The van der Waals surface area contributed by atoms with Gasteiger partial charge in [-0.05, 0) is 25.7 Å². The Kier molecular flexibility index (Phi) is 4.78. The number of nitrogens with zero attached hydrogens (tertiary/aromatic N) is 2. The average molecular weight is 270 g/mol. The lowest BCUT2D eigenvalue weighted by Crippen LogP contribution is -2.09. The summed E-state index contributed by atoms with van der Waals surface area (Å²) in [6, 6.07) is 2.33. The highest BCUT2D eigenvalue weighted by atomic mass is 35.5. The molecule has 1 aliphatic rings. The molecule has 2 rings (SSSR count). The fourth-order valence-electron chi connectivity index (χ4n) is 2.10. The van der Waals surface area contributed by atoms with E-state index in [0.717, 1.165) is 11.7 Å². The molecule has 5 heteroatoms. The molecule has 1 aromatic rings. The van der Waals surface area contributed by atoms with Crippen LogP contribution in [0.25, 0.3) is 0 Å². The van der Waals surface area contributed by atoms with E-state index in [1.807, 2.05) is 6.92 Å². The quantitative estimate of drug-likeness (QED) is 0.772. The minimum absolute atomic E-state index is 0.412. The number of rotatable bonds is 7. The van der Waals surface area contributed by atoms with Gasteiger partial charge >= 0.3 is 0 Å². The van der Waals surface area contributed by atoms with Crippen LogP contribution in [0, 0.1) is 5.92 Å². The van der Waals surface area contributed by atoms with Crippen LogP contribution in [0.4, 0.5) is 5.82 Å².